The summed E-state index contributed by atoms with van der Waals surface area (Å²) in [7, 11) is 0. The van der Waals surface area contributed by atoms with Crippen molar-refractivity contribution in [2.45, 2.75) is 38.0 Å². The summed E-state index contributed by atoms with van der Waals surface area (Å²) < 4.78 is 43.0. The second kappa shape index (κ2) is 2.59. The van der Waals surface area contributed by atoms with Crippen LogP contribution in [0.1, 0.15) is 20.3 Å². The average molecular weight is 200 g/mol. The van der Waals surface area contributed by atoms with Crippen molar-refractivity contribution in [2.75, 3.05) is 0 Å². The van der Waals surface area contributed by atoms with Crippen molar-refractivity contribution in [1.29, 1.82) is 0 Å². The fraction of sp³-hybridized carbons (Fsp3) is 1.00. The SMILES string of the molecule is CC1C(O)(F)CC(O)(F)OC1(C)F. The molecular formula is C7H11F3O3. The van der Waals surface area contributed by atoms with Crippen LogP contribution in [0.4, 0.5) is 13.2 Å². The maximum atomic E-state index is 13.2. The summed E-state index contributed by atoms with van der Waals surface area (Å²) >= 11 is 0. The molecule has 0 aromatic rings. The first kappa shape index (κ1) is 10.7. The molecule has 3 nitrogen and oxygen atoms in total. The zero-order chi connectivity index (χ0) is 10.5. The number of rotatable bonds is 0. The molecule has 0 saturated carbocycles. The van der Waals surface area contributed by atoms with Crippen molar-refractivity contribution in [2.24, 2.45) is 5.92 Å². The third-order valence-electron chi connectivity index (χ3n) is 2.26. The molecule has 0 aromatic heterocycles. The lowest BCUT2D eigenvalue weighted by Gasteiger charge is -2.44. The molecule has 1 rings (SSSR count). The van der Waals surface area contributed by atoms with Gasteiger partial charge in [-0.15, -0.1) is 0 Å². The van der Waals surface area contributed by atoms with Crippen LogP contribution in [0, 0.1) is 5.92 Å². The first-order chi connectivity index (χ1) is 5.57. The van der Waals surface area contributed by atoms with E-state index < -0.39 is 30.1 Å². The average Bonchev–Trinajstić information content (AvgIpc) is 1.77. The summed E-state index contributed by atoms with van der Waals surface area (Å²) in [6.07, 6.45) is -1.32. The van der Waals surface area contributed by atoms with E-state index in [4.69, 9.17) is 10.2 Å². The van der Waals surface area contributed by atoms with Crippen LogP contribution < -0.4 is 0 Å². The van der Waals surface area contributed by atoms with Gasteiger partial charge in [0.1, 0.15) is 0 Å². The normalized spacial score (nSPS) is 57.9. The number of hydrogen-bond acceptors (Lipinski definition) is 3. The van der Waals surface area contributed by atoms with Gasteiger partial charge in [0.15, 0.2) is 0 Å². The monoisotopic (exact) mass is 200 g/mol. The molecule has 0 spiro atoms. The Bertz CT molecular complexity index is 195. The maximum Gasteiger partial charge on any atom is 0.326 e. The van der Waals surface area contributed by atoms with Gasteiger partial charge < -0.3 is 10.2 Å². The minimum atomic E-state index is -3.47. The van der Waals surface area contributed by atoms with Gasteiger partial charge in [0.25, 0.3) is 0 Å². The van der Waals surface area contributed by atoms with Crippen molar-refractivity contribution in [3.05, 3.63) is 0 Å². The fourth-order valence-corrected chi connectivity index (χ4v) is 1.28. The number of alkyl halides is 3. The number of halogens is 3. The Labute approximate surface area is 73.1 Å². The van der Waals surface area contributed by atoms with Gasteiger partial charge in [0.2, 0.25) is 11.7 Å². The van der Waals surface area contributed by atoms with E-state index in [2.05, 4.69) is 4.74 Å². The molecule has 1 fully saturated rings. The van der Waals surface area contributed by atoms with Crippen LogP contribution in [0.5, 0.6) is 0 Å². The van der Waals surface area contributed by atoms with E-state index in [1.54, 1.807) is 0 Å². The molecule has 13 heavy (non-hydrogen) atoms. The molecule has 0 bridgehead atoms. The van der Waals surface area contributed by atoms with Crippen LogP contribution >= 0.6 is 0 Å². The predicted octanol–water partition coefficient (Wildman–Crippen LogP) is 1.00. The van der Waals surface area contributed by atoms with Crippen LogP contribution in [0.25, 0.3) is 0 Å². The molecule has 1 saturated heterocycles. The topological polar surface area (TPSA) is 49.7 Å². The maximum absolute atomic E-state index is 13.2. The molecule has 1 aliphatic heterocycles. The third-order valence-corrected chi connectivity index (χ3v) is 2.26. The number of aliphatic hydroxyl groups is 2. The lowest BCUT2D eigenvalue weighted by atomic mass is 9.89. The van der Waals surface area contributed by atoms with E-state index in [1.165, 1.54) is 0 Å². The van der Waals surface area contributed by atoms with Gasteiger partial charge >= 0.3 is 6.04 Å². The van der Waals surface area contributed by atoms with Gasteiger partial charge in [0.05, 0.1) is 12.3 Å². The molecule has 6 heteroatoms. The summed E-state index contributed by atoms with van der Waals surface area (Å²) in [6, 6.07) is -3.47. The molecule has 0 radical (unpaired) electrons. The second-order valence-electron chi connectivity index (χ2n) is 3.49. The van der Waals surface area contributed by atoms with E-state index in [0.717, 1.165) is 13.8 Å². The minimum absolute atomic E-state index is 0.742. The summed E-state index contributed by atoms with van der Waals surface area (Å²) in [6.45, 7) is 1.77. The van der Waals surface area contributed by atoms with Crippen LogP contribution in [0.15, 0.2) is 0 Å². The number of hydrogen-bond donors (Lipinski definition) is 2. The van der Waals surface area contributed by atoms with Gasteiger partial charge in [-0.25, -0.2) is 8.78 Å². The molecule has 1 heterocycles. The molecule has 78 valence electrons. The zero-order valence-electron chi connectivity index (χ0n) is 7.22. The highest BCUT2D eigenvalue weighted by atomic mass is 19.2. The Hall–Kier alpha value is -0.330. The quantitative estimate of drug-likeness (QED) is 0.613. The van der Waals surface area contributed by atoms with E-state index in [9.17, 15) is 13.2 Å². The van der Waals surface area contributed by atoms with Crippen molar-refractivity contribution in [3.8, 4) is 0 Å². The Morgan fingerprint density at radius 1 is 1.31 bits per heavy atom. The molecule has 0 amide bonds. The molecule has 4 unspecified atom stereocenters. The van der Waals surface area contributed by atoms with Gasteiger partial charge in [-0.1, -0.05) is 6.92 Å². The molecule has 0 aromatic carbocycles. The van der Waals surface area contributed by atoms with Crippen LogP contribution in [0.3, 0.4) is 0 Å². The minimum Gasteiger partial charge on any atom is -0.361 e. The van der Waals surface area contributed by atoms with Crippen molar-refractivity contribution in [3.63, 3.8) is 0 Å². The number of ether oxygens (including phenoxy) is 1. The Kier molecular flexibility index (Phi) is 2.14. The standard InChI is InChI=1S/C7H11F3O3/c1-4-5(2,8)13-7(10,12)3-6(4,9)11/h4,11-12H,3H2,1-2H3. The fourth-order valence-electron chi connectivity index (χ4n) is 1.28. The van der Waals surface area contributed by atoms with E-state index in [1.807, 2.05) is 0 Å². The van der Waals surface area contributed by atoms with Crippen LogP contribution in [-0.2, 0) is 4.74 Å². The van der Waals surface area contributed by atoms with Crippen LogP contribution in [-0.4, -0.2) is 28.0 Å². The molecule has 0 aliphatic carbocycles. The first-order valence-corrected chi connectivity index (χ1v) is 3.78. The summed E-state index contributed by atoms with van der Waals surface area (Å²) in [4.78, 5) is 0. The lowest BCUT2D eigenvalue weighted by Crippen LogP contribution is -2.58. The largest absolute Gasteiger partial charge is 0.361 e. The Morgan fingerprint density at radius 3 is 2.15 bits per heavy atom. The summed E-state index contributed by atoms with van der Waals surface area (Å²) in [5, 5.41) is 17.6. The van der Waals surface area contributed by atoms with Crippen molar-refractivity contribution in [1.82, 2.24) is 0 Å². The van der Waals surface area contributed by atoms with Gasteiger partial charge in [-0.2, -0.15) is 4.39 Å². The highest BCUT2D eigenvalue weighted by Gasteiger charge is 2.60. The van der Waals surface area contributed by atoms with E-state index in [-0.39, 0.29) is 0 Å². The van der Waals surface area contributed by atoms with E-state index in [0.29, 0.717) is 0 Å². The highest BCUT2D eigenvalue weighted by molar-refractivity contribution is 4.90. The Balaban J connectivity index is 2.96. The van der Waals surface area contributed by atoms with Gasteiger partial charge in [-0.05, 0) is 6.92 Å². The third kappa shape index (κ3) is 1.95. The molecule has 1 aliphatic rings. The van der Waals surface area contributed by atoms with Crippen LogP contribution in [0.2, 0.25) is 0 Å². The zero-order valence-corrected chi connectivity index (χ0v) is 7.22. The molecular weight excluding hydrogens is 189 g/mol. The van der Waals surface area contributed by atoms with E-state index >= 15 is 0 Å². The lowest BCUT2D eigenvalue weighted by molar-refractivity contribution is -0.440. The second-order valence-corrected chi connectivity index (χ2v) is 3.49. The van der Waals surface area contributed by atoms with Crippen molar-refractivity contribution >= 4 is 0 Å². The predicted molar refractivity (Wildman–Crippen MR) is 36.5 cm³/mol. The summed E-state index contributed by atoms with van der Waals surface area (Å²) in [5.41, 5.74) is 0. The van der Waals surface area contributed by atoms with Gasteiger partial charge in [-0.3, -0.25) is 4.74 Å². The van der Waals surface area contributed by atoms with Gasteiger partial charge in [0, 0.05) is 0 Å². The van der Waals surface area contributed by atoms with Crippen molar-refractivity contribution < 1.29 is 28.1 Å². The molecule has 4 atom stereocenters. The first-order valence-electron chi connectivity index (χ1n) is 3.78. The summed E-state index contributed by atoms with van der Waals surface area (Å²) in [5.74, 6) is -7.44. The molecule has 2 N–H and O–H groups in total. The Morgan fingerprint density at radius 2 is 1.77 bits per heavy atom. The smallest absolute Gasteiger partial charge is 0.326 e. The highest BCUT2D eigenvalue weighted by Crippen LogP contribution is 2.46.